The first-order chi connectivity index (χ1) is 13.3. The Morgan fingerprint density at radius 2 is 1.75 bits per heavy atom. The van der Waals surface area contributed by atoms with Gasteiger partial charge < -0.3 is 15.0 Å². The van der Waals surface area contributed by atoms with Crippen LogP contribution < -0.4 is 5.32 Å². The number of amides is 1. The van der Waals surface area contributed by atoms with E-state index in [0.29, 0.717) is 21.5 Å². The van der Waals surface area contributed by atoms with Crippen molar-refractivity contribution in [2.24, 2.45) is 0 Å². The molecule has 6 nitrogen and oxygen atoms in total. The number of H-pyrrole nitrogens is 1. The summed E-state index contributed by atoms with van der Waals surface area (Å²) in [4.78, 5) is 40.2. The number of ketones is 1. The second-order valence-corrected chi connectivity index (χ2v) is 6.86. The van der Waals surface area contributed by atoms with Crippen molar-refractivity contribution >= 4 is 57.5 Å². The van der Waals surface area contributed by atoms with Gasteiger partial charge in [0.25, 0.3) is 0 Å². The van der Waals surface area contributed by atoms with E-state index in [4.69, 9.17) is 27.9 Å². The number of hydrogen-bond donors (Lipinski definition) is 2. The van der Waals surface area contributed by atoms with Gasteiger partial charge >= 0.3 is 5.97 Å². The van der Waals surface area contributed by atoms with Crippen LogP contribution in [0.15, 0.2) is 36.4 Å². The Morgan fingerprint density at radius 1 is 1.07 bits per heavy atom. The highest BCUT2D eigenvalue weighted by atomic mass is 35.5. The number of carbonyl (C=O) groups excluding carboxylic acids is 3. The second kappa shape index (κ2) is 8.04. The maximum atomic E-state index is 13.0. The van der Waals surface area contributed by atoms with Gasteiger partial charge in [0.05, 0.1) is 23.4 Å². The van der Waals surface area contributed by atoms with Crippen LogP contribution in [0, 0.1) is 0 Å². The van der Waals surface area contributed by atoms with E-state index in [1.165, 1.54) is 13.0 Å². The van der Waals surface area contributed by atoms with Gasteiger partial charge in [0.2, 0.25) is 11.7 Å². The average molecular weight is 419 g/mol. The molecule has 0 saturated carbocycles. The molecule has 0 radical (unpaired) electrons. The van der Waals surface area contributed by atoms with Crippen molar-refractivity contribution in [2.45, 2.75) is 13.8 Å². The minimum atomic E-state index is -0.605. The molecule has 0 aliphatic heterocycles. The summed E-state index contributed by atoms with van der Waals surface area (Å²) in [6.07, 6.45) is 0. The van der Waals surface area contributed by atoms with Gasteiger partial charge in [-0.15, -0.1) is 0 Å². The molecule has 0 atom stereocenters. The lowest BCUT2D eigenvalue weighted by Crippen LogP contribution is -2.12. The number of esters is 1. The fourth-order valence-corrected chi connectivity index (χ4v) is 3.23. The summed E-state index contributed by atoms with van der Waals surface area (Å²) < 4.78 is 5.09. The molecule has 2 N–H and O–H groups in total. The second-order valence-electron chi connectivity index (χ2n) is 5.99. The molecule has 1 heterocycles. The van der Waals surface area contributed by atoms with Crippen LogP contribution in [0.1, 0.15) is 40.3 Å². The number of ether oxygens (including phenoxy) is 1. The zero-order valence-electron chi connectivity index (χ0n) is 15.1. The first-order valence-corrected chi connectivity index (χ1v) is 9.17. The zero-order chi connectivity index (χ0) is 20.4. The van der Waals surface area contributed by atoms with E-state index in [1.807, 2.05) is 0 Å². The smallest absolute Gasteiger partial charge is 0.338 e. The van der Waals surface area contributed by atoms with E-state index in [9.17, 15) is 14.4 Å². The predicted molar refractivity (Wildman–Crippen MR) is 108 cm³/mol. The lowest BCUT2D eigenvalue weighted by atomic mass is 10.0. The molecule has 0 saturated heterocycles. The fraction of sp³-hybridized carbons (Fsp3) is 0.150. The van der Waals surface area contributed by atoms with Gasteiger partial charge in [0.15, 0.2) is 0 Å². The molecular weight excluding hydrogens is 403 g/mol. The van der Waals surface area contributed by atoms with Crippen LogP contribution >= 0.6 is 23.2 Å². The van der Waals surface area contributed by atoms with Gasteiger partial charge in [-0.05, 0) is 43.3 Å². The Labute approximate surface area is 170 Å². The largest absolute Gasteiger partial charge is 0.462 e. The van der Waals surface area contributed by atoms with Crippen LogP contribution in [0.3, 0.4) is 0 Å². The van der Waals surface area contributed by atoms with Crippen molar-refractivity contribution in [3.63, 3.8) is 0 Å². The standard InChI is InChI=1S/C20H16Cl2N2O4/c1-3-28-20(27)14-8-13(22)9-15-16(14)17(23-10(2)25)18(24-15)19(26)11-4-6-12(21)7-5-11/h4-9,24H,3H2,1-2H3,(H,23,25). The Kier molecular flexibility index (Phi) is 5.72. The van der Waals surface area contributed by atoms with Gasteiger partial charge in [-0.2, -0.15) is 0 Å². The van der Waals surface area contributed by atoms with E-state index in [-0.39, 0.29) is 34.4 Å². The summed E-state index contributed by atoms with van der Waals surface area (Å²) in [5.41, 5.74) is 1.27. The van der Waals surface area contributed by atoms with Crippen LogP contribution in [0.25, 0.3) is 10.9 Å². The van der Waals surface area contributed by atoms with E-state index >= 15 is 0 Å². The normalized spacial score (nSPS) is 10.7. The number of aromatic amines is 1. The molecule has 0 aliphatic carbocycles. The molecule has 2 aromatic carbocycles. The van der Waals surface area contributed by atoms with Crippen molar-refractivity contribution in [2.75, 3.05) is 11.9 Å². The van der Waals surface area contributed by atoms with Crippen molar-refractivity contribution < 1.29 is 19.1 Å². The number of halogens is 2. The number of nitrogens with one attached hydrogen (secondary N) is 2. The summed E-state index contributed by atoms with van der Waals surface area (Å²) in [6, 6.07) is 9.36. The molecule has 0 bridgehead atoms. The van der Waals surface area contributed by atoms with Gasteiger partial charge in [0, 0.05) is 27.9 Å². The van der Waals surface area contributed by atoms with Gasteiger partial charge in [0.1, 0.15) is 5.69 Å². The van der Waals surface area contributed by atoms with E-state index in [0.717, 1.165) is 0 Å². The topological polar surface area (TPSA) is 88.3 Å². The van der Waals surface area contributed by atoms with Gasteiger partial charge in [-0.3, -0.25) is 9.59 Å². The third-order valence-electron chi connectivity index (χ3n) is 3.99. The van der Waals surface area contributed by atoms with E-state index in [1.54, 1.807) is 37.3 Å². The zero-order valence-corrected chi connectivity index (χ0v) is 16.6. The van der Waals surface area contributed by atoms with Crippen LogP contribution in [-0.4, -0.2) is 29.3 Å². The maximum absolute atomic E-state index is 13.0. The molecule has 1 aromatic heterocycles. The SMILES string of the molecule is CCOC(=O)c1cc(Cl)cc2[nH]c(C(=O)c3ccc(Cl)cc3)c(NC(C)=O)c12. The van der Waals surface area contributed by atoms with Gasteiger partial charge in [-0.1, -0.05) is 23.2 Å². The number of benzene rings is 2. The van der Waals surface area contributed by atoms with Crippen molar-refractivity contribution in [1.29, 1.82) is 0 Å². The van der Waals surface area contributed by atoms with Crippen molar-refractivity contribution in [3.05, 3.63) is 63.3 Å². The minimum absolute atomic E-state index is 0.125. The number of aromatic nitrogens is 1. The average Bonchev–Trinajstić information content (AvgIpc) is 2.98. The molecular formula is C20H16Cl2N2O4. The molecule has 1 amide bonds. The monoisotopic (exact) mass is 418 g/mol. The van der Waals surface area contributed by atoms with Gasteiger partial charge in [-0.25, -0.2) is 4.79 Å². The van der Waals surface area contributed by atoms with Crippen LogP contribution in [0.5, 0.6) is 0 Å². The molecule has 0 unspecified atom stereocenters. The van der Waals surface area contributed by atoms with E-state index < -0.39 is 11.9 Å². The summed E-state index contributed by atoms with van der Waals surface area (Å²) in [6.45, 7) is 3.17. The molecule has 8 heteroatoms. The third kappa shape index (κ3) is 3.88. The molecule has 0 fully saturated rings. The number of fused-ring (bicyclic) bond motifs is 1. The fourth-order valence-electron chi connectivity index (χ4n) is 2.88. The molecule has 3 aromatic rings. The maximum Gasteiger partial charge on any atom is 0.338 e. The number of anilines is 1. The summed E-state index contributed by atoms with van der Waals surface area (Å²) >= 11 is 12.0. The highest BCUT2D eigenvalue weighted by Gasteiger charge is 2.25. The summed E-state index contributed by atoms with van der Waals surface area (Å²) in [5, 5.41) is 3.79. The third-order valence-corrected chi connectivity index (χ3v) is 4.46. The summed E-state index contributed by atoms with van der Waals surface area (Å²) in [7, 11) is 0. The Hall–Kier alpha value is -2.83. The first-order valence-electron chi connectivity index (χ1n) is 8.42. The van der Waals surface area contributed by atoms with E-state index in [2.05, 4.69) is 10.3 Å². The number of carbonyl (C=O) groups is 3. The van der Waals surface area contributed by atoms with Crippen LogP contribution in [0.4, 0.5) is 5.69 Å². The molecule has 3 rings (SSSR count). The Morgan fingerprint density at radius 3 is 2.36 bits per heavy atom. The van der Waals surface area contributed by atoms with Crippen molar-refractivity contribution in [3.8, 4) is 0 Å². The van der Waals surface area contributed by atoms with Crippen molar-refractivity contribution in [1.82, 2.24) is 4.98 Å². The lowest BCUT2D eigenvalue weighted by Gasteiger charge is -2.08. The molecule has 0 spiro atoms. The Bertz CT molecular complexity index is 1090. The highest BCUT2D eigenvalue weighted by molar-refractivity contribution is 6.33. The highest BCUT2D eigenvalue weighted by Crippen LogP contribution is 2.35. The van der Waals surface area contributed by atoms with Crippen LogP contribution in [0.2, 0.25) is 10.0 Å². The minimum Gasteiger partial charge on any atom is -0.462 e. The molecule has 28 heavy (non-hydrogen) atoms. The first kappa shape index (κ1) is 19.9. The lowest BCUT2D eigenvalue weighted by molar-refractivity contribution is -0.114. The predicted octanol–water partition coefficient (Wildman–Crippen LogP) is 4.84. The number of hydrogen-bond acceptors (Lipinski definition) is 4. The molecule has 0 aliphatic rings. The molecule has 144 valence electrons. The van der Waals surface area contributed by atoms with Crippen LogP contribution in [-0.2, 0) is 9.53 Å². The quantitative estimate of drug-likeness (QED) is 0.458. The number of rotatable bonds is 5. The Balaban J connectivity index is 2.26. The summed E-state index contributed by atoms with van der Waals surface area (Å²) in [5.74, 6) is -1.37.